The van der Waals surface area contributed by atoms with Crippen molar-refractivity contribution in [1.82, 2.24) is 14.8 Å². The van der Waals surface area contributed by atoms with Crippen LogP contribution < -0.4 is 5.69 Å². The van der Waals surface area contributed by atoms with E-state index >= 15 is 0 Å². The lowest BCUT2D eigenvalue weighted by Crippen LogP contribution is -2.19. The number of aromatic nitrogens is 3. The van der Waals surface area contributed by atoms with Crippen molar-refractivity contribution in [2.45, 2.75) is 0 Å². The number of rotatable bonds is 0. The van der Waals surface area contributed by atoms with E-state index in [2.05, 4.69) is 10.2 Å². The summed E-state index contributed by atoms with van der Waals surface area (Å²) in [5.41, 5.74) is -0.326. The Kier molecular flexibility index (Phi) is 1.07. The molecule has 0 spiro atoms. The van der Waals surface area contributed by atoms with E-state index in [1.165, 1.54) is 10.8 Å². The van der Waals surface area contributed by atoms with E-state index in [0.717, 1.165) is 0 Å². The van der Waals surface area contributed by atoms with Gasteiger partial charge in [0, 0.05) is 13.2 Å². The van der Waals surface area contributed by atoms with Gasteiger partial charge in [-0.05, 0) is 0 Å². The molecule has 0 aliphatic carbocycles. The maximum Gasteiger partial charge on any atom is 0.365 e. The first-order valence-electron chi connectivity index (χ1n) is 2.15. The first-order valence-corrected chi connectivity index (χ1v) is 2.15. The first-order chi connectivity index (χ1) is 3.80. The molecule has 0 aromatic carbocycles. The minimum absolute atomic E-state index is 0.326. The fourth-order valence-electron chi connectivity index (χ4n) is 0.347. The maximum absolute atomic E-state index is 10.4. The van der Waals surface area contributed by atoms with Crippen molar-refractivity contribution in [1.29, 1.82) is 0 Å². The van der Waals surface area contributed by atoms with Crippen molar-refractivity contribution in [2.24, 2.45) is 7.05 Å². The topological polar surface area (TPSA) is 47.8 Å². The lowest BCUT2D eigenvalue weighted by atomic mass is 10.8. The molecule has 0 unspecified atom stereocenters. The second-order valence-electron chi connectivity index (χ2n) is 1.41. The minimum atomic E-state index is -0.326. The highest BCUT2D eigenvalue weighted by Gasteiger charge is 1.82. The molecule has 0 bridgehead atoms. The van der Waals surface area contributed by atoms with Gasteiger partial charge in [0.15, 0.2) is 0 Å². The Morgan fingerprint density at radius 3 is 2.88 bits per heavy atom. The van der Waals surface area contributed by atoms with Crippen LogP contribution >= 0.6 is 0 Å². The third-order valence-corrected chi connectivity index (χ3v) is 0.802. The van der Waals surface area contributed by atoms with Gasteiger partial charge in [0.2, 0.25) is 0 Å². The molecule has 0 saturated carbocycles. The summed E-state index contributed by atoms with van der Waals surface area (Å²) >= 11 is 0. The molecule has 0 aliphatic rings. The highest BCUT2D eigenvalue weighted by Crippen LogP contribution is 1.62. The fraction of sp³-hybridized carbons (Fsp3) is 0.250. The molecular formula is C4H5N3O. The summed E-state index contributed by atoms with van der Waals surface area (Å²) in [4.78, 5) is 10.4. The van der Waals surface area contributed by atoms with Gasteiger partial charge in [-0.3, -0.25) is 4.57 Å². The van der Waals surface area contributed by atoms with Crippen molar-refractivity contribution in [3.05, 3.63) is 22.9 Å². The van der Waals surface area contributed by atoms with Gasteiger partial charge < -0.3 is 0 Å². The summed E-state index contributed by atoms with van der Waals surface area (Å²) in [6, 6.07) is 0. The number of hydrogen-bond donors (Lipinski definition) is 0. The molecule has 42 valence electrons. The molecule has 0 atom stereocenters. The molecule has 0 saturated heterocycles. The number of nitrogens with zero attached hydrogens (tertiary/aromatic N) is 3. The number of hydrogen-bond acceptors (Lipinski definition) is 3. The molecule has 1 aromatic rings. The Morgan fingerprint density at radius 1 is 1.75 bits per heavy atom. The highest BCUT2D eigenvalue weighted by molar-refractivity contribution is 4.66. The molecule has 4 nitrogen and oxygen atoms in total. The zero-order valence-electron chi connectivity index (χ0n) is 4.40. The van der Waals surface area contributed by atoms with E-state index in [9.17, 15) is 4.79 Å². The van der Waals surface area contributed by atoms with Gasteiger partial charge in [0.25, 0.3) is 0 Å². The lowest BCUT2D eigenvalue weighted by molar-refractivity contribution is 0.757. The molecule has 0 radical (unpaired) electrons. The molecule has 8 heavy (non-hydrogen) atoms. The van der Waals surface area contributed by atoms with Gasteiger partial charge in [-0.1, -0.05) is 5.10 Å². The third kappa shape index (κ3) is 0.726. The van der Waals surface area contributed by atoms with Gasteiger partial charge in [-0.25, -0.2) is 4.79 Å². The van der Waals surface area contributed by atoms with Gasteiger partial charge in [-0.15, -0.1) is 0 Å². The van der Waals surface area contributed by atoms with Crippen LogP contribution in [0.2, 0.25) is 0 Å². The molecular weight excluding hydrogens is 106 g/mol. The van der Waals surface area contributed by atoms with Crippen LogP contribution in [-0.2, 0) is 7.05 Å². The molecule has 4 heteroatoms. The van der Waals surface area contributed by atoms with E-state index in [1.807, 2.05) is 0 Å². The van der Waals surface area contributed by atoms with Crippen molar-refractivity contribution >= 4 is 0 Å². The second kappa shape index (κ2) is 1.73. The van der Waals surface area contributed by atoms with E-state index in [1.54, 1.807) is 13.2 Å². The Morgan fingerprint density at radius 2 is 2.50 bits per heavy atom. The Bertz CT molecular complexity index is 229. The zero-order valence-corrected chi connectivity index (χ0v) is 4.40. The average Bonchev–Trinajstić information content (AvgIpc) is 1.77. The molecule has 0 fully saturated rings. The minimum Gasteiger partial charge on any atom is -0.299 e. The summed E-state index contributed by atoms with van der Waals surface area (Å²) in [6.07, 6.45) is 3.01. The molecule has 1 heterocycles. The zero-order chi connectivity index (χ0) is 5.98. The van der Waals surface area contributed by atoms with Crippen LogP contribution in [0.5, 0.6) is 0 Å². The van der Waals surface area contributed by atoms with Gasteiger partial charge in [-0.2, -0.15) is 5.10 Å². The SMILES string of the molecule is Cn1ccnnc1=O. The standard InChI is InChI=1S/C4H5N3O/c1-7-3-2-5-6-4(7)8/h2-3H,1H3. The van der Waals surface area contributed by atoms with Crippen LogP contribution in [0, 0.1) is 0 Å². The Labute approximate surface area is 45.8 Å². The van der Waals surface area contributed by atoms with E-state index < -0.39 is 0 Å². The largest absolute Gasteiger partial charge is 0.365 e. The second-order valence-corrected chi connectivity index (χ2v) is 1.41. The summed E-state index contributed by atoms with van der Waals surface area (Å²) in [7, 11) is 1.62. The summed E-state index contributed by atoms with van der Waals surface area (Å²) in [5, 5.41) is 6.60. The average molecular weight is 111 g/mol. The smallest absolute Gasteiger partial charge is 0.299 e. The highest BCUT2D eigenvalue weighted by atomic mass is 16.1. The predicted molar refractivity (Wildman–Crippen MR) is 27.3 cm³/mol. The predicted octanol–water partition coefficient (Wildman–Crippen LogP) is -0.825. The van der Waals surface area contributed by atoms with Crippen LogP contribution in [0.4, 0.5) is 0 Å². The molecule has 1 aromatic heterocycles. The summed E-state index contributed by atoms with van der Waals surface area (Å²) in [6.45, 7) is 0. The fourth-order valence-corrected chi connectivity index (χ4v) is 0.347. The number of aryl methyl sites for hydroxylation is 1. The van der Waals surface area contributed by atoms with Gasteiger partial charge in [0.1, 0.15) is 0 Å². The maximum atomic E-state index is 10.4. The van der Waals surface area contributed by atoms with Crippen molar-refractivity contribution < 1.29 is 0 Å². The first kappa shape index (κ1) is 4.96. The molecule has 0 N–H and O–H groups in total. The van der Waals surface area contributed by atoms with Crippen molar-refractivity contribution in [2.75, 3.05) is 0 Å². The van der Waals surface area contributed by atoms with E-state index in [0.29, 0.717) is 0 Å². The van der Waals surface area contributed by atoms with Crippen LogP contribution in [0.15, 0.2) is 17.2 Å². The summed E-state index contributed by atoms with van der Waals surface area (Å²) < 4.78 is 1.35. The van der Waals surface area contributed by atoms with Gasteiger partial charge >= 0.3 is 5.69 Å². The van der Waals surface area contributed by atoms with Crippen molar-refractivity contribution in [3.8, 4) is 0 Å². The van der Waals surface area contributed by atoms with Crippen LogP contribution in [0.25, 0.3) is 0 Å². The third-order valence-electron chi connectivity index (χ3n) is 0.802. The van der Waals surface area contributed by atoms with E-state index in [-0.39, 0.29) is 5.69 Å². The molecule has 0 amide bonds. The lowest BCUT2D eigenvalue weighted by Gasteiger charge is -1.87. The van der Waals surface area contributed by atoms with Crippen LogP contribution in [-0.4, -0.2) is 14.8 Å². The van der Waals surface area contributed by atoms with Gasteiger partial charge in [0.05, 0.1) is 6.20 Å². The monoisotopic (exact) mass is 111 g/mol. The summed E-state index contributed by atoms with van der Waals surface area (Å²) in [5.74, 6) is 0. The Balaban J connectivity index is 3.35. The van der Waals surface area contributed by atoms with E-state index in [4.69, 9.17) is 0 Å². The quantitative estimate of drug-likeness (QED) is 0.439. The molecule has 0 aliphatic heterocycles. The molecule has 1 rings (SSSR count). The normalized spacial score (nSPS) is 9.12. The van der Waals surface area contributed by atoms with Crippen molar-refractivity contribution in [3.63, 3.8) is 0 Å². The van der Waals surface area contributed by atoms with Crippen LogP contribution in [0.3, 0.4) is 0 Å². The van der Waals surface area contributed by atoms with Crippen LogP contribution in [0.1, 0.15) is 0 Å². The Hall–Kier alpha value is -1.19.